The molecular formula is C36H33N3O6Si. The molecular weight excluding hydrogens is 598 g/mol. The van der Waals surface area contributed by atoms with Gasteiger partial charge < -0.3 is 9.16 Å². The Balaban J connectivity index is 1.36. The lowest BCUT2D eigenvalue weighted by molar-refractivity contribution is -0.384. The van der Waals surface area contributed by atoms with Gasteiger partial charge in [-0.2, -0.15) is 0 Å². The van der Waals surface area contributed by atoms with Gasteiger partial charge in [0.05, 0.1) is 23.4 Å². The minimum atomic E-state index is -2.86. The number of nitrogens with one attached hydrogen (secondary N) is 1. The number of fused-ring (bicyclic) bond motifs is 1. The number of esters is 1. The molecule has 1 amide bonds. The fraction of sp³-hybridized carbons (Fsp3) is 0.139. The predicted molar refractivity (Wildman–Crippen MR) is 181 cm³/mol. The molecule has 0 aliphatic heterocycles. The van der Waals surface area contributed by atoms with Crippen molar-refractivity contribution in [3.63, 3.8) is 0 Å². The van der Waals surface area contributed by atoms with E-state index in [0.717, 1.165) is 34.2 Å². The fourth-order valence-electron chi connectivity index (χ4n) is 5.52. The Morgan fingerprint density at radius 1 is 0.804 bits per heavy atom. The van der Waals surface area contributed by atoms with Gasteiger partial charge in [-0.15, -0.1) is 0 Å². The summed E-state index contributed by atoms with van der Waals surface area (Å²) in [5.74, 6) is -0.160. The molecule has 0 heterocycles. The zero-order valence-electron chi connectivity index (χ0n) is 25.7. The van der Waals surface area contributed by atoms with Gasteiger partial charge in [0.2, 0.25) is 0 Å². The van der Waals surface area contributed by atoms with Crippen LogP contribution in [0.25, 0.3) is 10.8 Å². The molecule has 0 aliphatic carbocycles. The van der Waals surface area contributed by atoms with Crippen LogP contribution in [0.5, 0.6) is 5.75 Å². The van der Waals surface area contributed by atoms with Crippen LogP contribution < -0.4 is 20.1 Å². The molecule has 0 saturated heterocycles. The first-order valence-corrected chi connectivity index (χ1v) is 16.6. The molecule has 0 fully saturated rings. The summed E-state index contributed by atoms with van der Waals surface area (Å²) in [7, 11) is -2.86. The van der Waals surface area contributed by atoms with Crippen LogP contribution in [0, 0.1) is 10.1 Å². The highest BCUT2D eigenvalue weighted by molar-refractivity contribution is 7.00. The van der Waals surface area contributed by atoms with E-state index in [-0.39, 0.29) is 22.8 Å². The van der Waals surface area contributed by atoms with Crippen molar-refractivity contribution in [1.82, 2.24) is 5.32 Å². The molecule has 5 aromatic carbocycles. The minimum Gasteiger partial charge on any atom is -0.534 e. The van der Waals surface area contributed by atoms with Gasteiger partial charge in [-0.05, 0) is 44.6 Å². The molecule has 9 nitrogen and oxygen atoms in total. The van der Waals surface area contributed by atoms with E-state index in [9.17, 15) is 19.7 Å². The zero-order chi connectivity index (χ0) is 32.7. The second-order valence-electron chi connectivity index (χ2n) is 11.6. The molecule has 0 spiro atoms. The van der Waals surface area contributed by atoms with Crippen molar-refractivity contribution < 1.29 is 23.7 Å². The number of carbonyl (C=O) groups is 2. The number of hydrogen-bond donors (Lipinski definition) is 1. The fourth-order valence-corrected chi connectivity index (χ4v) is 9.96. The zero-order valence-corrected chi connectivity index (χ0v) is 26.7. The standard InChI is InChI=1S/C36H33N3O6Si/c1-36(2,3)46(29-13-6-4-7-14-29,30-15-8-5-9-16-30)45-33-19-11-17-31-27(12-10-18-32(31)33)24-37-25-38-35(41)44-34(40)26-20-22-28(23-21-26)39(42)43/h4-23,25H,24H2,1-3H3,(H,37,38,41). The first-order valence-electron chi connectivity index (χ1n) is 14.7. The van der Waals surface area contributed by atoms with Gasteiger partial charge in [-0.25, -0.2) is 9.59 Å². The maximum Gasteiger partial charge on any atom is 0.420 e. The molecule has 5 rings (SSSR count). The van der Waals surface area contributed by atoms with Crippen molar-refractivity contribution in [1.29, 1.82) is 0 Å². The third kappa shape index (κ3) is 6.72. The number of benzene rings is 5. The Morgan fingerprint density at radius 2 is 1.39 bits per heavy atom. The molecule has 0 aliphatic rings. The number of amides is 1. The molecule has 0 radical (unpaired) electrons. The summed E-state index contributed by atoms with van der Waals surface area (Å²) in [6.45, 7) is 6.96. The van der Waals surface area contributed by atoms with E-state index >= 15 is 0 Å². The summed E-state index contributed by atoms with van der Waals surface area (Å²) in [5.41, 5.74) is 0.742. The lowest BCUT2D eigenvalue weighted by atomic mass is 10.0. The minimum absolute atomic E-state index is 0.00420. The maximum atomic E-state index is 12.2. The number of ether oxygens (including phenoxy) is 1. The summed E-state index contributed by atoms with van der Waals surface area (Å²) >= 11 is 0. The molecule has 0 saturated carbocycles. The Hall–Kier alpha value is -5.61. The molecule has 1 N–H and O–H groups in total. The Morgan fingerprint density at radius 3 is 1.98 bits per heavy atom. The van der Waals surface area contributed by atoms with Crippen LogP contribution in [0.4, 0.5) is 10.5 Å². The van der Waals surface area contributed by atoms with Gasteiger partial charge in [-0.3, -0.25) is 20.4 Å². The quantitative estimate of drug-likeness (QED) is 0.0364. The SMILES string of the molecule is CC(C)(C)[Si](Oc1cccc2c(CN=CNC(=O)OC(=O)c3ccc([N+](=O)[O-])cc3)cccc12)(c1ccccc1)c1ccccc1. The Kier molecular flexibility index (Phi) is 9.38. The van der Waals surface area contributed by atoms with Crippen molar-refractivity contribution in [3.05, 3.63) is 143 Å². The summed E-state index contributed by atoms with van der Waals surface area (Å²) < 4.78 is 12.1. The lowest BCUT2D eigenvalue weighted by Crippen LogP contribution is -2.68. The molecule has 232 valence electrons. The third-order valence-electron chi connectivity index (χ3n) is 7.69. The normalized spacial score (nSPS) is 11.7. The van der Waals surface area contributed by atoms with Crippen molar-refractivity contribution in [2.24, 2.45) is 4.99 Å². The van der Waals surface area contributed by atoms with E-state index in [2.05, 4.69) is 79.6 Å². The Bertz CT molecular complexity index is 1850. The summed E-state index contributed by atoms with van der Waals surface area (Å²) in [4.78, 5) is 38.9. The predicted octanol–water partition coefficient (Wildman–Crippen LogP) is 6.78. The molecule has 5 aromatic rings. The smallest absolute Gasteiger partial charge is 0.420 e. The first kappa shape index (κ1) is 31.8. The van der Waals surface area contributed by atoms with E-state index in [0.29, 0.717) is 0 Å². The molecule has 0 bridgehead atoms. The maximum absolute atomic E-state index is 12.2. The Labute approximate surface area is 267 Å². The third-order valence-corrected chi connectivity index (χ3v) is 12.6. The highest BCUT2D eigenvalue weighted by Crippen LogP contribution is 2.39. The number of rotatable bonds is 9. The molecule has 10 heteroatoms. The van der Waals surface area contributed by atoms with Gasteiger partial charge in [0, 0.05) is 17.5 Å². The number of nitro benzene ring substituents is 1. The summed E-state index contributed by atoms with van der Waals surface area (Å²) in [5, 5.41) is 17.2. The number of non-ortho nitro benzene ring substituents is 1. The number of hydrogen-bond acceptors (Lipinski definition) is 7. The average molecular weight is 632 g/mol. The van der Waals surface area contributed by atoms with Crippen molar-refractivity contribution in [3.8, 4) is 5.75 Å². The van der Waals surface area contributed by atoms with Crippen molar-refractivity contribution in [2.75, 3.05) is 0 Å². The van der Waals surface area contributed by atoms with Crippen LogP contribution in [-0.4, -0.2) is 31.6 Å². The van der Waals surface area contributed by atoms with E-state index in [1.165, 1.54) is 28.8 Å². The van der Waals surface area contributed by atoms with Crippen molar-refractivity contribution >= 4 is 53.6 Å². The highest BCUT2D eigenvalue weighted by Gasteiger charge is 2.52. The number of carbonyl (C=O) groups excluding carboxylic acids is 2. The monoisotopic (exact) mass is 631 g/mol. The molecule has 46 heavy (non-hydrogen) atoms. The van der Waals surface area contributed by atoms with Crippen LogP contribution in [0.15, 0.2) is 126 Å². The topological polar surface area (TPSA) is 120 Å². The number of nitrogens with zero attached hydrogens (tertiary/aromatic N) is 2. The first-order chi connectivity index (χ1) is 22.1. The van der Waals surface area contributed by atoms with Crippen LogP contribution >= 0.6 is 0 Å². The van der Waals surface area contributed by atoms with Crippen LogP contribution in [-0.2, 0) is 11.3 Å². The lowest BCUT2D eigenvalue weighted by Gasteiger charge is -2.43. The van der Waals surface area contributed by atoms with E-state index in [1.54, 1.807) is 0 Å². The van der Waals surface area contributed by atoms with Crippen LogP contribution in [0.3, 0.4) is 0 Å². The molecule has 0 atom stereocenters. The van der Waals surface area contributed by atoms with E-state index in [4.69, 9.17) is 9.16 Å². The van der Waals surface area contributed by atoms with Crippen molar-refractivity contribution in [2.45, 2.75) is 32.4 Å². The summed E-state index contributed by atoms with van der Waals surface area (Å²) in [6.07, 6.45) is 0.151. The highest BCUT2D eigenvalue weighted by atomic mass is 28.4. The van der Waals surface area contributed by atoms with Crippen LogP contribution in [0.1, 0.15) is 36.7 Å². The largest absolute Gasteiger partial charge is 0.534 e. The average Bonchev–Trinajstić information content (AvgIpc) is 3.06. The second kappa shape index (κ2) is 13.6. The number of nitro groups is 1. The van der Waals surface area contributed by atoms with Crippen LogP contribution in [0.2, 0.25) is 5.04 Å². The van der Waals surface area contributed by atoms with Gasteiger partial charge in [0.15, 0.2) is 0 Å². The molecule has 0 unspecified atom stereocenters. The summed E-state index contributed by atoms with van der Waals surface area (Å²) in [6, 6.07) is 37.6. The van der Waals surface area contributed by atoms with E-state index in [1.807, 2.05) is 48.5 Å². The molecule has 0 aromatic heterocycles. The van der Waals surface area contributed by atoms with Gasteiger partial charge in [0.25, 0.3) is 5.69 Å². The number of alkyl carbamates (subject to hydrolysis) is 1. The van der Waals surface area contributed by atoms with E-state index < -0.39 is 25.3 Å². The van der Waals surface area contributed by atoms with Gasteiger partial charge >= 0.3 is 20.4 Å². The second-order valence-corrected chi connectivity index (χ2v) is 15.8. The van der Waals surface area contributed by atoms with Gasteiger partial charge in [0.1, 0.15) is 5.75 Å². The number of aliphatic imine (C=N–C) groups is 1. The van der Waals surface area contributed by atoms with Gasteiger partial charge in [-0.1, -0.05) is 112 Å².